The number of aryl methyl sites for hydroxylation is 3. The summed E-state index contributed by atoms with van der Waals surface area (Å²) in [4.78, 5) is 13.1. The van der Waals surface area contributed by atoms with E-state index >= 15 is 0 Å². The van der Waals surface area contributed by atoms with E-state index in [9.17, 15) is 1.37 Å². The molecule has 53 heavy (non-hydrogen) atoms. The molecule has 273 valence electrons. The average molecular weight is 903 g/mol. The van der Waals surface area contributed by atoms with Gasteiger partial charge in [0.2, 0.25) is 5.71 Å². The number of pyridine rings is 3. The fraction of sp³-hybridized carbons (Fsp3) is 0.298. The Morgan fingerprint density at radius 3 is 2.34 bits per heavy atom. The molecule has 0 bridgehead atoms. The fourth-order valence-electron chi connectivity index (χ4n) is 6.60. The molecule has 4 nitrogen and oxygen atoms in total. The van der Waals surface area contributed by atoms with Crippen LogP contribution in [0.5, 0.6) is 0 Å². The number of rotatable bonds is 5. The first-order valence-electron chi connectivity index (χ1n) is 23.1. The molecule has 0 unspecified atom stereocenters. The van der Waals surface area contributed by atoms with Crippen molar-refractivity contribution in [3.8, 4) is 33.6 Å². The molecule has 0 saturated heterocycles. The van der Waals surface area contributed by atoms with E-state index < -0.39 is 34.5 Å². The molecular weight excluding hydrogens is 843 g/mol. The quantitative estimate of drug-likeness (QED) is 0.128. The van der Waals surface area contributed by atoms with Gasteiger partial charge in [-0.05, 0) is 114 Å². The second-order valence-corrected chi connectivity index (χ2v) is 20.3. The van der Waals surface area contributed by atoms with Gasteiger partial charge in [0.05, 0.1) is 15.0 Å². The van der Waals surface area contributed by atoms with Crippen LogP contribution < -0.4 is 5.19 Å². The summed E-state index contributed by atoms with van der Waals surface area (Å²) >= 11 is 0. The van der Waals surface area contributed by atoms with Crippen LogP contribution in [0.25, 0.3) is 55.7 Å². The molecule has 1 aliphatic rings. The summed E-state index contributed by atoms with van der Waals surface area (Å²) in [6, 6.07) is 29.1. The molecule has 7 aromatic rings. The predicted octanol–water partition coefficient (Wildman–Crippen LogP) is 12.2. The van der Waals surface area contributed by atoms with Gasteiger partial charge >= 0.3 is 0 Å². The molecule has 1 fully saturated rings. The third-order valence-electron chi connectivity index (χ3n) is 9.90. The topological polar surface area (TPSA) is 51.8 Å². The van der Waals surface area contributed by atoms with Crippen molar-refractivity contribution in [2.75, 3.05) is 0 Å². The minimum atomic E-state index is -2.72. The predicted molar refractivity (Wildman–Crippen MR) is 220 cm³/mol. The summed E-state index contributed by atoms with van der Waals surface area (Å²) in [5.74, 6) is -1.07. The first-order chi connectivity index (χ1) is 29.2. The summed E-state index contributed by atoms with van der Waals surface area (Å²) in [5, 5.41) is 2.56. The fourth-order valence-corrected chi connectivity index (χ4v) is 7.64. The Labute approximate surface area is 345 Å². The second kappa shape index (κ2) is 15.6. The van der Waals surface area contributed by atoms with Gasteiger partial charge in [-0.1, -0.05) is 80.8 Å². The summed E-state index contributed by atoms with van der Waals surface area (Å²) in [7, 11) is -1.23. The Hall–Kier alpha value is -4.22. The average Bonchev–Trinajstić information content (AvgIpc) is 3.59. The van der Waals surface area contributed by atoms with Crippen molar-refractivity contribution in [1.82, 2.24) is 15.0 Å². The molecule has 8 rings (SSSR count). The number of nitrogens with zero attached hydrogens (tertiary/aromatic N) is 3. The van der Waals surface area contributed by atoms with Gasteiger partial charge in [0, 0.05) is 57.3 Å². The van der Waals surface area contributed by atoms with Crippen LogP contribution in [0.15, 0.2) is 102 Å². The van der Waals surface area contributed by atoms with Crippen LogP contribution in [-0.4, -0.2) is 23.0 Å². The number of hydrogen-bond donors (Lipinski definition) is 0. The Balaban J connectivity index is 0.000000336. The first kappa shape index (κ1) is 26.5. The van der Waals surface area contributed by atoms with Crippen molar-refractivity contribution < 1.29 is 39.6 Å². The van der Waals surface area contributed by atoms with Gasteiger partial charge in [-0.2, -0.15) is 0 Å². The van der Waals surface area contributed by atoms with Crippen LogP contribution in [0.4, 0.5) is 0 Å². The van der Waals surface area contributed by atoms with Crippen molar-refractivity contribution in [1.29, 1.82) is 0 Å². The van der Waals surface area contributed by atoms with Crippen LogP contribution >= 0.6 is 0 Å². The van der Waals surface area contributed by atoms with Gasteiger partial charge in [0.15, 0.2) is 0 Å². The molecule has 0 N–H and O–H groups in total. The second-order valence-electron chi connectivity index (χ2n) is 15.3. The number of benzene rings is 3. The van der Waals surface area contributed by atoms with E-state index in [4.69, 9.17) is 18.1 Å². The number of furan rings is 1. The van der Waals surface area contributed by atoms with Crippen LogP contribution in [0, 0.1) is 38.1 Å². The molecule has 3 aromatic carbocycles. The number of hydrogen-bond acceptors (Lipinski definition) is 4. The van der Waals surface area contributed by atoms with Crippen molar-refractivity contribution >= 4 is 35.3 Å². The Morgan fingerprint density at radius 2 is 1.64 bits per heavy atom. The summed E-state index contributed by atoms with van der Waals surface area (Å²) in [6.45, 7) is 3.41. The molecule has 4 aromatic heterocycles. The molecule has 6 heteroatoms. The minimum absolute atomic E-state index is 0. The zero-order valence-corrected chi connectivity index (χ0v) is 34.0. The summed E-state index contributed by atoms with van der Waals surface area (Å²) < 4.78 is 97.6. The maximum atomic E-state index is 9.25. The SMILES string of the molecule is C[Si](C)(C)c1ccc(-c2[c-]cccc2)nc1.[2H]c1cc(C2([2H])CCC(C)(C)CC2)cc(C([2H])([2H])[2H])c1-c1cc(-c2[c-]ccc3c2oc2nc(C([2H])([2H])[2H])ccc23)ncc1C([2H])([2H])[2H].[Ir]. The van der Waals surface area contributed by atoms with E-state index in [2.05, 4.69) is 72.7 Å². The van der Waals surface area contributed by atoms with Gasteiger partial charge in [0.1, 0.15) is 0 Å². The van der Waals surface area contributed by atoms with Gasteiger partial charge in [-0.3, -0.25) is 0 Å². The molecule has 1 radical (unpaired) electrons. The molecule has 0 aliphatic heterocycles. The number of aromatic nitrogens is 3. The largest absolute Gasteiger partial charge is 0.486 e. The van der Waals surface area contributed by atoms with Gasteiger partial charge in [-0.25, -0.2) is 4.98 Å². The van der Waals surface area contributed by atoms with E-state index in [0.29, 0.717) is 34.7 Å². The van der Waals surface area contributed by atoms with E-state index in [1.165, 1.54) is 29.5 Å². The monoisotopic (exact) mass is 903 g/mol. The van der Waals surface area contributed by atoms with Crippen LogP contribution in [0.1, 0.15) is 82.9 Å². The van der Waals surface area contributed by atoms with Crippen molar-refractivity contribution in [2.24, 2.45) is 5.41 Å². The molecule has 1 saturated carbocycles. The van der Waals surface area contributed by atoms with Crippen LogP contribution in [-0.2, 0) is 20.1 Å². The summed E-state index contributed by atoms with van der Waals surface area (Å²) in [5.41, 5.74) is 2.85. The molecule has 1 aliphatic carbocycles. The van der Waals surface area contributed by atoms with E-state index in [0.717, 1.165) is 30.3 Å². The van der Waals surface area contributed by atoms with Crippen LogP contribution in [0.2, 0.25) is 19.6 Å². The smallest absolute Gasteiger partial charge is 0.216 e. The maximum absolute atomic E-state index is 9.25. The third-order valence-corrected chi connectivity index (χ3v) is 11.9. The normalized spacial score (nSPS) is 18.8. The van der Waals surface area contributed by atoms with E-state index in [1.54, 1.807) is 18.2 Å². The van der Waals surface area contributed by atoms with E-state index in [-0.39, 0.29) is 76.5 Å². The first-order valence-corrected chi connectivity index (χ1v) is 21.1. The summed E-state index contributed by atoms with van der Waals surface area (Å²) in [6.07, 6.45) is 5.76. The Kier molecular flexibility index (Phi) is 7.83. The Morgan fingerprint density at radius 1 is 0.830 bits per heavy atom. The van der Waals surface area contributed by atoms with Gasteiger partial charge in [-0.15, -0.1) is 54.1 Å². The molecular formula is C47H49IrN3OSi-2. The standard InChI is InChI=1S/C33H33N2O.C14H16NSi.Ir/c1-20-17-24(23-13-15-33(4,5)16-14-23)10-12-25(20)29-18-30(34-19-21(29)2)28-8-6-7-26-27-11-9-22(3)35-32(27)36-31(26)28;1-16(2,3)13-9-10-14(15-11-13)12-7-5-4-6-8-12;/h6-7,9-12,17-19,23H,13-16H2,1-5H3;4-7,9-11H,1-3H3;/q2*-1;/i1D3,2D3,3D3,12D,23D;;. The zero-order chi connectivity index (χ0) is 45.9. The van der Waals surface area contributed by atoms with Crippen molar-refractivity contribution in [3.05, 3.63) is 132 Å². The van der Waals surface area contributed by atoms with Crippen LogP contribution in [0.3, 0.4) is 0 Å². The number of fused-ring (bicyclic) bond motifs is 3. The van der Waals surface area contributed by atoms with Crippen molar-refractivity contribution in [3.63, 3.8) is 0 Å². The van der Waals surface area contributed by atoms with E-state index in [1.807, 2.05) is 30.5 Å². The molecule has 0 atom stereocenters. The molecule has 0 spiro atoms. The molecule has 0 amide bonds. The molecule has 4 heterocycles. The zero-order valence-electron chi connectivity index (χ0n) is 41.6. The maximum Gasteiger partial charge on any atom is 0.216 e. The Bertz CT molecular complexity index is 2790. The third kappa shape index (κ3) is 8.46. The van der Waals surface area contributed by atoms with Gasteiger partial charge < -0.3 is 14.4 Å². The van der Waals surface area contributed by atoms with Gasteiger partial charge in [0.25, 0.3) is 0 Å². The van der Waals surface area contributed by atoms with Crippen molar-refractivity contribution in [2.45, 2.75) is 85.6 Å². The minimum Gasteiger partial charge on any atom is -0.486 e.